The number of nitrogens with one attached hydrogen (secondary N) is 1. The van der Waals surface area contributed by atoms with Crippen LogP contribution in [0, 0.1) is 0 Å². The van der Waals surface area contributed by atoms with Crippen molar-refractivity contribution in [2.75, 3.05) is 0 Å². The number of rotatable bonds is 1. The molecule has 1 unspecified atom stereocenters. The van der Waals surface area contributed by atoms with E-state index in [1.54, 1.807) is 11.1 Å². The van der Waals surface area contributed by atoms with Gasteiger partial charge in [0.25, 0.3) is 0 Å². The van der Waals surface area contributed by atoms with Crippen LogP contribution in [0.5, 0.6) is 0 Å². The summed E-state index contributed by atoms with van der Waals surface area (Å²) in [6.45, 7) is 1.06. The van der Waals surface area contributed by atoms with Gasteiger partial charge in [-0.2, -0.15) is 0 Å². The highest BCUT2D eigenvalue weighted by atomic mass is 16.2. The van der Waals surface area contributed by atoms with Gasteiger partial charge in [-0.3, -0.25) is 9.59 Å². The van der Waals surface area contributed by atoms with E-state index in [-0.39, 0.29) is 17.9 Å². The molecule has 1 aromatic rings. The molecular formula is C11H12N4O2. The van der Waals surface area contributed by atoms with Crippen molar-refractivity contribution in [1.82, 2.24) is 20.2 Å². The van der Waals surface area contributed by atoms with Gasteiger partial charge < -0.3 is 10.2 Å². The van der Waals surface area contributed by atoms with E-state index < -0.39 is 0 Å². The van der Waals surface area contributed by atoms with Gasteiger partial charge in [-0.15, -0.1) is 0 Å². The summed E-state index contributed by atoms with van der Waals surface area (Å²) in [6.07, 6.45) is 4.26. The molecule has 1 atom stereocenters. The monoisotopic (exact) mass is 232 g/mol. The Kier molecular flexibility index (Phi) is 2.28. The first-order valence-electron chi connectivity index (χ1n) is 5.60. The predicted octanol–water partition coefficient (Wildman–Crippen LogP) is -0.403. The van der Waals surface area contributed by atoms with Gasteiger partial charge in [0.15, 0.2) is 0 Å². The van der Waals surface area contributed by atoms with E-state index in [0.717, 1.165) is 11.3 Å². The van der Waals surface area contributed by atoms with Gasteiger partial charge in [0.1, 0.15) is 12.4 Å². The molecule has 2 aliphatic heterocycles. The first kappa shape index (κ1) is 10.2. The largest absolute Gasteiger partial charge is 0.344 e. The van der Waals surface area contributed by atoms with E-state index in [0.29, 0.717) is 25.9 Å². The summed E-state index contributed by atoms with van der Waals surface area (Å²) in [5, 5.41) is 2.69. The lowest BCUT2D eigenvalue weighted by Crippen LogP contribution is -2.42. The Morgan fingerprint density at radius 2 is 2.35 bits per heavy atom. The third-order valence-corrected chi connectivity index (χ3v) is 3.19. The van der Waals surface area contributed by atoms with Crippen molar-refractivity contribution in [3.05, 3.63) is 23.8 Å². The summed E-state index contributed by atoms with van der Waals surface area (Å²) in [5.74, 6) is -0.0614. The van der Waals surface area contributed by atoms with Crippen molar-refractivity contribution < 1.29 is 9.59 Å². The van der Waals surface area contributed by atoms with Crippen LogP contribution in [0.1, 0.15) is 24.1 Å². The van der Waals surface area contributed by atoms with Gasteiger partial charge in [-0.1, -0.05) is 0 Å². The number of fused-ring (bicyclic) bond motifs is 1. The van der Waals surface area contributed by atoms with E-state index in [2.05, 4.69) is 15.3 Å². The quantitative estimate of drug-likeness (QED) is 0.714. The molecule has 2 amide bonds. The Bertz CT molecular complexity index is 463. The van der Waals surface area contributed by atoms with E-state index in [4.69, 9.17) is 0 Å². The molecule has 6 heteroatoms. The average molecular weight is 232 g/mol. The fourth-order valence-corrected chi connectivity index (χ4v) is 2.28. The number of nitrogens with zero attached hydrogens (tertiary/aromatic N) is 3. The lowest BCUT2D eigenvalue weighted by atomic mass is 10.2. The number of carbonyl (C=O) groups is 2. The highest BCUT2D eigenvalue weighted by molar-refractivity contribution is 5.91. The SMILES string of the molecule is O=C1CCC(C(=O)N2Cc3cncnc3C2)N1. The van der Waals surface area contributed by atoms with Crippen molar-refractivity contribution in [2.45, 2.75) is 32.0 Å². The van der Waals surface area contributed by atoms with Crippen molar-refractivity contribution >= 4 is 11.8 Å². The third-order valence-electron chi connectivity index (χ3n) is 3.19. The van der Waals surface area contributed by atoms with Crippen LogP contribution in [0.15, 0.2) is 12.5 Å². The Morgan fingerprint density at radius 3 is 3.06 bits per heavy atom. The lowest BCUT2D eigenvalue weighted by molar-refractivity contribution is -0.134. The number of hydrogen-bond acceptors (Lipinski definition) is 4. The molecule has 0 aromatic carbocycles. The molecule has 1 saturated heterocycles. The minimum absolute atomic E-state index is 0.0196. The highest BCUT2D eigenvalue weighted by Gasteiger charge is 2.33. The molecule has 2 aliphatic rings. The number of amides is 2. The molecule has 0 bridgehead atoms. The van der Waals surface area contributed by atoms with Gasteiger partial charge >= 0.3 is 0 Å². The van der Waals surface area contributed by atoms with E-state index in [1.165, 1.54) is 6.33 Å². The van der Waals surface area contributed by atoms with Gasteiger partial charge in [-0.05, 0) is 6.42 Å². The molecule has 1 aromatic heterocycles. The van der Waals surface area contributed by atoms with Crippen LogP contribution < -0.4 is 5.32 Å². The van der Waals surface area contributed by atoms with Crippen molar-refractivity contribution in [3.63, 3.8) is 0 Å². The Morgan fingerprint density at radius 1 is 1.47 bits per heavy atom. The zero-order valence-electron chi connectivity index (χ0n) is 9.22. The summed E-state index contributed by atoms with van der Waals surface area (Å²) in [5.41, 5.74) is 1.89. The maximum atomic E-state index is 12.1. The molecule has 17 heavy (non-hydrogen) atoms. The second-order valence-electron chi connectivity index (χ2n) is 4.35. The molecule has 0 spiro atoms. The fourth-order valence-electron chi connectivity index (χ4n) is 2.28. The van der Waals surface area contributed by atoms with Crippen LogP contribution in [-0.4, -0.2) is 32.7 Å². The van der Waals surface area contributed by atoms with E-state index in [1.807, 2.05) is 0 Å². The van der Waals surface area contributed by atoms with Crippen LogP contribution in [0.25, 0.3) is 0 Å². The van der Waals surface area contributed by atoms with Gasteiger partial charge in [0.05, 0.1) is 12.2 Å². The van der Waals surface area contributed by atoms with Crippen LogP contribution in [-0.2, 0) is 22.7 Å². The average Bonchev–Trinajstić information content (AvgIpc) is 2.93. The normalized spacial score (nSPS) is 22.5. The first-order valence-corrected chi connectivity index (χ1v) is 5.60. The Hall–Kier alpha value is -1.98. The minimum atomic E-state index is -0.357. The maximum absolute atomic E-state index is 12.1. The van der Waals surface area contributed by atoms with Gasteiger partial charge in [0, 0.05) is 24.7 Å². The minimum Gasteiger partial charge on any atom is -0.344 e. The molecule has 88 valence electrons. The molecule has 0 radical (unpaired) electrons. The van der Waals surface area contributed by atoms with Crippen molar-refractivity contribution in [2.24, 2.45) is 0 Å². The summed E-state index contributed by atoms with van der Waals surface area (Å²) in [4.78, 5) is 33.0. The van der Waals surface area contributed by atoms with Crippen LogP contribution in [0.3, 0.4) is 0 Å². The third kappa shape index (κ3) is 1.75. The van der Waals surface area contributed by atoms with Crippen molar-refractivity contribution in [3.8, 4) is 0 Å². The molecule has 6 nitrogen and oxygen atoms in total. The molecule has 0 saturated carbocycles. The smallest absolute Gasteiger partial charge is 0.245 e. The lowest BCUT2D eigenvalue weighted by Gasteiger charge is -2.19. The van der Waals surface area contributed by atoms with Gasteiger partial charge in [0.2, 0.25) is 11.8 Å². The molecule has 0 aliphatic carbocycles. The molecule has 1 N–H and O–H groups in total. The number of hydrogen-bond donors (Lipinski definition) is 1. The summed E-state index contributed by atoms with van der Waals surface area (Å²) in [6, 6.07) is -0.357. The maximum Gasteiger partial charge on any atom is 0.245 e. The second-order valence-corrected chi connectivity index (χ2v) is 4.35. The van der Waals surface area contributed by atoms with E-state index >= 15 is 0 Å². The molecule has 1 fully saturated rings. The van der Waals surface area contributed by atoms with E-state index in [9.17, 15) is 9.59 Å². The molecular weight excluding hydrogens is 220 g/mol. The van der Waals surface area contributed by atoms with Crippen molar-refractivity contribution in [1.29, 1.82) is 0 Å². The van der Waals surface area contributed by atoms with Crippen LogP contribution >= 0.6 is 0 Å². The summed E-state index contributed by atoms with van der Waals surface area (Å²) < 4.78 is 0. The summed E-state index contributed by atoms with van der Waals surface area (Å²) >= 11 is 0. The number of carbonyl (C=O) groups excluding carboxylic acids is 2. The molecule has 3 heterocycles. The van der Waals surface area contributed by atoms with Gasteiger partial charge in [-0.25, -0.2) is 9.97 Å². The zero-order valence-corrected chi connectivity index (χ0v) is 9.22. The topological polar surface area (TPSA) is 75.2 Å². The Balaban J connectivity index is 1.72. The first-order chi connectivity index (χ1) is 8.24. The second kappa shape index (κ2) is 3.80. The zero-order chi connectivity index (χ0) is 11.8. The fraction of sp³-hybridized carbons (Fsp3) is 0.455. The predicted molar refractivity (Wildman–Crippen MR) is 57.5 cm³/mol. The number of aromatic nitrogens is 2. The molecule has 3 rings (SSSR count). The summed E-state index contributed by atoms with van der Waals surface area (Å²) in [7, 11) is 0. The Labute approximate surface area is 98.0 Å². The van der Waals surface area contributed by atoms with Crippen LogP contribution in [0.4, 0.5) is 0 Å². The van der Waals surface area contributed by atoms with Crippen LogP contribution in [0.2, 0.25) is 0 Å². The highest BCUT2D eigenvalue weighted by Crippen LogP contribution is 2.21. The standard InChI is InChI=1S/C11H12N4O2/c16-10-2-1-8(14-10)11(17)15-4-7-3-12-6-13-9(7)5-15/h3,6,8H,1-2,4-5H2,(H,14,16).